The highest BCUT2D eigenvalue weighted by atomic mass is 16.5. The number of carbonyl (C=O) groups is 1. The van der Waals surface area contributed by atoms with E-state index in [4.69, 9.17) is 4.74 Å². The van der Waals surface area contributed by atoms with Gasteiger partial charge in [0.25, 0.3) is 0 Å². The lowest BCUT2D eigenvalue weighted by Crippen LogP contribution is -2.28. The smallest absolute Gasteiger partial charge is 0.186 e. The molecule has 3 nitrogen and oxygen atoms in total. The van der Waals surface area contributed by atoms with Gasteiger partial charge >= 0.3 is 0 Å². The normalized spacial score (nSPS) is 13.4. The minimum absolute atomic E-state index is 0.105. The number of allylic oxidation sites excluding steroid dienone is 7. The van der Waals surface area contributed by atoms with Gasteiger partial charge in [0.05, 0.1) is 12.3 Å². The first-order valence-corrected chi connectivity index (χ1v) is 12.9. The van der Waals surface area contributed by atoms with Crippen molar-refractivity contribution in [2.45, 2.75) is 76.2 Å². The maximum Gasteiger partial charge on any atom is 0.186 e. The highest BCUT2D eigenvalue weighted by molar-refractivity contribution is 6.11. The Kier molecular flexibility index (Phi) is 17.3. The summed E-state index contributed by atoms with van der Waals surface area (Å²) >= 11 is 0. The van der Waals surface area contributed by atoms with Crippen LogP contribution in [0.5, 0.6) is 0 Å². The number of methoxy groups -OCH3 is 1. The molecule has 0 aromatic heterocycles. The van der Waals surface area contributed by atoms with Crippen LogP contribution in [0.2, 0.25) is 0 Å². The van der Waals surface area contributed by atoms with Crippen LogP contribution in [0.3, 0.4) is 0 Å². The summed E-state index contributed by atoms with van der Waals surface area (Å²) in [4.78, 5) is 17.3. The van der Waals surface area contributed by atoms with Gasteiger partial charge in [-0.2, -0.15) is 0 Å². The Morgan fingerprint density at radius 1 is 0.917 bits per heavy atom. The molecule has 0 spiro atoms. The third kappa shape index (κ3) is 11.8. The van der Waals surface area contributed by atoms with Gasteiger partial charge in [-0.3, -0.25) is 9.79 Å². The Labute approximate surface area is 222 Å². The maximum atomic E-state index is 13.0. The number of ketones is 1. The Hall–Kier alpha value is -2.78. The minimum Gasteiger partial charge on any atom is -0.380 e. The van der Waals surface area contributed by atoms with Crippen LogP contribution in [-0.4, -0.2) is 26.2 Å². The summed E-state index contributed by atoms with van der Waals surface area (Å²) in [7, 11) is 1.64. The van der Waals surface area contributed by atoms with Crippen LogP contribution in [0, 0.1) is 17.8 Å². The van der Waals surface area contributed by atoms with E-state index in [1.165, 1.54) is 5.56 Å². The molecule has 3 heteroatoms. The van der Waals surface area contributed by atoms with Crippen molar-refractivity contribution in [2.75, 3.05) is 13.7 Å². The van der Waals surface area contributed by atoms with Crippen molar-refractivity contribution in [1.82, 2.24) is 0 Å². The average molecular weight is 494 g/mol. The van der Waals surface area contributed by atoms with E-state index < -0.39 is 0 Å². The number of rotatable bonds is 5. The first-order valence-electron chi connectivity index (χ1n) is 12.9. The summed E-state index contributed by atoms with van der Waals surface area (Å²) in [5, 5.41) is 0. The molecule has 0 fully saturated rings. The molecule has 2 rings (SSSR count). The molecule has 0 saturated heterocycles. The third-order valence-corrected chi connectivity index (χ3v) is 5.00. The van der Waals surface area contributed by atoms with Gasteiger partial charge in [0.1, 0.15) is 0 Å². The van der Waals surface area contributed by atoms with E-state index >= 15 is 0 Å². The van der Waals surface area contributed by atoms with Crippen LogP contribution >= 0.6 is 0 Å². The number of ether oxygens (including phenoxy) is 1. The van der Waals surface area contributed by atoms with E-state index in [9.17, 15) is 4.79 Å². The van der Waals surface area contributed by atoms with Crippen molar-refractivity contribution < 1.29 is 9.53 Å². The molecule has 0 saturated carbocycles. The Morgan fingerprint density at radius 3 is 1.64 bits per heavy atom. The summed E-state index contributed by atoms with van der Waals surface area (Å²) in [5.41, 5.74) is 4.85. The molecule has 0 radical (unpaired) electrons. The zero-order valence-corrected chi connectivity index (χ0v) is 25.1. The van der Waals surface area contributed by atoms with Gasteiger partial charge in [-0.1, -0.05) is 124 Å². The predicted molar refractivity (Wildman–Crippen MR) is 161 cm³/mol. The van der Waals surface area contributed by atoms with Crippen molar-refractivity contribution in [3.63, 3.8) is 0 Å². The Bertz CT molecular complexity index is 908. The van der Waals surface area contributed by atoms with Crippen molar-refractivity contribution in [3.8, 4) is 0 Å². The van der Waals surface area contributed by atoms with Gasteiger partial charge in [0, 0.05) is 29.4 Å². The van der Waals surface area contributed by atoms with Gasteiger partial charge in [-0.05, 0) is 36.6 Å². The topological polar surface area (TPSA) is 38.7 Å². The van der Waals surface area contributed by atoms with Gasteiger partial charge in [-0.25, -0.2) is 0 Å². The largest absolute Gasteiger partial charge is 0.380 e. The Morgan fingerprint density at radius 2 is 1.36 bits per heavy atom. The molecule has 0 unspecified atom stereocenters. The summed E-state index contributed by atoms with van der Waals surface area (Å²) in [5.74, 6) is 0.105. The van der Waals surface area contributed by atoms with E-state index in [1.807, 2.05) is 64.1 Å². The quantitative estimate of drug-likeness (QED) is 0.303. The van der Waals surface area contributed by atoms with Crippen LogP contribution < -0.4 is 0 Å². The zero-order valence-electron chi connectivity index (χ0n) is 25.1. The van der Waals surface area contributed by atoms with Crippen LogP contribution in [0.15, 0.2) is 94.2 Å². The summed E-state index contributed by atoms with van der Waals surface area (Å²) in [6, 6.07) is 10.3. The number of hydrogen-bond acceptors (Lipinski definition) is 3. The molecule has 0 aliphatic heterocycles. The number of aliphatic imine (C=N–C) groups is 1. The number of Topliss-reactive ketones (excluding diaryl/α,β-unsaturated/α-hetero) is 1. The molecular weight excluding hydrogens is 442 g/mol. The molecule has 1 aliphatic carbocycles. The fourth-order valence-electron chi connectivity index (χ4n) is 3.29. The first kappa shape index (κ1) is 35.4. The van der Waals surface area contributed by atoms with Crippen molar-refractivity contribution in [3.05, 3.63) is 94.8 Å². The molecule has 36 heavy (non-hydrogen) atoms. The van der Waals surface area contributed by atoms with Crippen molar-refractivity contribution >= 4 is 12.5 Å². The van der Waals surface area contributed by atoms with Crippen molar-refractivity contribution in [1.29, 1.82) is 0 Å². The number of nitrogens with zero attached hydrogens (tertiary/aromatic N) is 1. The lowest BCUT2D eigenvalue weighted by molar-refractivity contribution is -0.114. The lowest BCUT2D eigenvalue weighted by Gasteiger charge is -2.31. The molecule has 0 heterocycles. The van der Waals surface area contributed by atoms with E-state index in [-0.39, 0.29) is 16.6 Å². The Balaban J connectivity index is 0. The second kappa shape index (κ2) is 17.6. The number of aryl methyl sites for hydroxylation is 1. The standard InChI is InChI=1S/C22H31NO2.C7H8.2C2H6/c1-10-11-15(14-25-9)19(23-8)16-12-17(21(2,3)4)20(24)18(13-16)22(5,6)7;1-7-5-3-2-4-6-7;2*1-2/h10-13H,1,8,14H2,2-7,9H3;2-6H,1H3;2*1-2H3/b15-11+;;;. The van der Waals surface area contributed by atoms with Crippen LogP contribution in [0.4, 0.5) is 0 Å². The van der Waals surface area contributed by atoms with Crippen molar-refractivity contribution in [2.24, 2.45) is 15.8 Å². The minimum atomic E-state index is -0.261. The van der Waals surface area contributed by atoms with Crippen LogP contribution in [0.1, 0.15) is 74.8 Å². The molecule has 0 atom stereocenters. The fraction of sp³-hybridized carbons (Fsp3) is 0.455. The number of benzene rings is 1. The summed E-state index contributed by atoms with van der Waals surface area (Å²) < 4.78 is 5.29. The number of carbonyl (C=O) groups excluding carboxylic acids is 1. The predicted octanol–water partition coefficient (Wildman–Crippen LogP) is 9.28. The molecular formula is C33H51NO2. The highest BCUT2D eigenvalue weighted by Crippen LogP contribution is 2.40. The van der Waals surface area contributed by atoms with Gasteiger partial charge < -0.3 is 4.74 Å². The fourth-order valence-corrected chi connectivity index (χ4v) is 3.29. The lowest BCUT2D eigenvalue weighted by atomic mass is 9.71. The van der Waals surface area contributed by atoms with Gasteiger partial charge in [0.15, 0.2) is 5.78 Å². The molecule has 0 amide bonds. The second-order valence-corrected chi connectivity index (χ2v) is 9.92. The van der Waals surface area contributed by atoms with E-state index in [1.54, 1.807) is 13.2 Å². The highest BCUT2D eigenvalue weighted by Gasteiger charge is 2.34. The molecule has 200 valence electrons. The second-order valence-electron chi connectivity index (χ2n) is 9.92. The summed E-state index contributed by atoms with van der Waals surface area (Å²) in [6.07, 6.45) is 7.45. The zero-order chi connectivity index (χ0) is 28.5. The first-order chi connectivity index (χ1) is 16.9. The molecule has 1 aromatic rings. The monoisotopic (exact) mass is 493 g/mol. The van der Waals surface area contributed by atoms with Crippen LogP contribution in [0.25, 0.3) is 0 Å². The van der Waals surface area contributed by atoms with E-state index in [0.29, 0.717) is 6.61 Å². The molecule has 1 aliphatic rings. The van der Waals surface area contributed by atoms with Gasteiger partial charge in [-0.15, -0.1) is 0 Å². The maximum absolute atomic E-state index is 13.0. The number of hydrogen-bond donors (Lipinski definition) is 0. The van der Waals surface area contributed by atoms with Gasteiger partial charge in [0.2, 0.25) is 0 Å². The van der Waals surface area contributed by atoms with E-state index in [0.717, 1.165) is 28.0 Å². The van der Waals surface area contributed by atoms with E-state index in [2.05, 4.69) is 78.9 Å². The molecule has 0 bridgehead atoms. The SMILES string of the molecule is C=C/C=C(\COC)C(N=C)=C1C=C(C(C)(C)C)C(=O)C(C(C)(C)C)=C1.CC.CC.Cc1ccccc1. The average Bonchev–Trinajstić information content (AvgIpc) is 2.82. The summed E-state index contributed by atoms with van der Waals surface area (Å²) in [6.45, 7) is 30.3. The molecule has 0 N–H and O–H groups in total. The molecule has 1 aromatic carbocycles. The third-order valence-electron chi connectivity index (χ3n) is 5.00. The van der Waals surface area contributed by atoms with Crippen LogP contribution in [-0.2, 0) is 9.53 Å².